The zero-order chi connectivity index (χ0) is 21.3. The lowest BCUT2D eigenvalue weighted by Gasteiger charge is -2.34. The number of carbonyl (C=O) groups excluding carboxylic acids is 2. The fourth-order valence-electron chi connectivity index (χ4n) is 3.99. The Balaban J connectivity index is 1.33. The van der Waals surface area contributed by atoms with Gasteiger partial charge in [-0.25, -0.2) is 0 Å². The number of rotatable bonds is 3. The minimum Gasteiger partial charge on any atom is -0.339 e. The number of nitrogens with zero attached hydrogens (tertiary/aromatic N) is 4. The second-order valence-electron chi connectivity index (χ2n) is 7.75. The summed E-state index contributed by atoms with van der Waals surface area (Å²) in [5.41, 5.74) is 1.10. The van der Waals surface area contributed by atoms with Crippen molar-refractivity contribution >= 4 is 11.8 Å². The lowest BCUT2D eigenvalue weighted by Crippen LogP contribution is -2.51. The van der Waals surface area contributed by atoms with E-state index in [9.17, 15) is 22.8 Å². The molecule has 2 aromatic rings. The standard InChI is InChI=1S/C21H23F3N4O2/c22-21(23,24)16-5-3-4-15(12-16)13-19(29)26-8-10-27(11-9-26)20(30)18-14-17-6-1-2-7-28(17)25-18/h3-5,12,14H,1-2,6-11,13H2. The Morgan fingerprint density at radius 1 is 0.967 bits per heavy atom. The molecule has 0 aliphatic carbocycles. The average molecular weight is 420 g/mol. The largest absolute Gasteiger partial charge is 0.416 e. The van der Waals surface area contributed by atoms with Crippen LogP contribution >= 0.6 is 0 Å². The Morgan fingerprint density at radius 3 is 2.40 bits per heavy atom. The molecule has 1 saturated heterocycles. The van der Waals surface area contributed by atoms with E-state index < -0.39 is 11.7 Å². The second kappa shape index (κ2) is 8.12. The molecular formula is C21H23F3N4O2. The minimum absolute atomic E-state index is 0.0916. The van der Waals surface area contributed by atoms with Gasteiger partial charge in [0.25, 0.3) is 5.91 Å². The van der Waals surface area contributed by atoms with Crippen molar-refractivity contribution in [1.29, 1.82) is 0 Å². The molecule has 0 N–H and O–H groups in total. The number of piperazine rings is 1. The smallest absolute Gasteiger partial charge is 0.339 e. The number of aromatic nitrogens is 2. The van der Waals surface area contributed by atoms with E-state index in [2.05, 4.69) is 5.10 Å². The van der Waals surface area contributed by atoms with E-state index in [0.717, 1.165) is 43.6 Å². The van der Waals surface area contributed by atoms with Crippen LogP contribution in [0.5, 0.6) is 0 Å². The van der Waals surface area contributed by atoms with Crippen LogP contribution in [0.25, 0.3) is 0 Å². The molecule has 2 aliphatic rings. The molecule has 0 bridgehead atoms. The average Bonchev–Trinajstić information content (AvgIpc) is 3.17. The van der Waals surface area contributed by atoms with Crippen molar-refractivity contribution in [3.63, 3.8) is 0 Å². The molecule has 2 amide bonds. The lowest BCUT2D eigenvalue weighted by molar-refractivity contribution is -0.138. The van der Waals surface area contributed by atoms with Crippen molar-refractivity contribution in [2.24, 2.45) is 0 Å². The third kappa shape index (κ3) is 4.34. The van der Waals surface area contributed by atoms with E-state index in [4.69, 9.17) is 0 Å². The molecule has 6 nitrogen and oxygen atoms in total. The molecule has 3 heterocycles. The topological polar surface area (TPSA) is 58.4 Å². The van der Waals surface area contributed by atoms with Gasteiger partial charge in [0.1, 0.15) is 0 Å². The van der Waals surface area contributed by atoms with E-state index in [0.29, 0.717) is 37.4 Å². The highest BCUT2D eigenvalue weighted by molar-refractivity contribution is 5.92. The Morgan fingerprint density at radius 2 is 1.70 bits per heavy atom. The van der Waals surface area contributed by atoms with Crippen molar-refractivity contribution in [3.05, 3.63) is 52.8 Å². The molecule has 1 aromatic heterocycles. The number of halogens is 3. The highest BCUT2D eigenvalue weighted by atomic mass is 19.4. The zero-order valence-corrected chi connectivity index (χ0v) is 16.5. The summed E-state index contributed by atoms with van der Waals surface area (Å²) in [6, 6.07) is 6.69. The summed E-state index contributed by atoms with van der Waals surface area (Å²) < 4.78 is 40.5. The summed E-state index contributed by atoms with van der Waals surface area (Å²) in [6.45, 7) is 2.32. The Labute approximate surface area is 172 Å². The van der Waals surface area contributed by atoms with Crippen molar-refractivity contribution in [3.8, 4) is 0 Å². The Hall–Kier alpha value is -2.84. The quantitative estimate of drug-likeness (QED) is 0.767. The van der Waals surface area contributed by atoms with Gasteiger partial charge in [0.15, 0.2) is 5.69 Å². The van der Waals surface area contributed by atoms with Crippen LogP contribution in [-0.4, -0.2) is 57.6 Å². The lowest BCUT2D eigenvalue weighted by atomic mass is 10.1. The van der Waals surface area contributed by atoms with Crippen molar-refractivity contribution in [2.45, 2.75) is 38.4 Å². The first kappa shape index (κ1) is 20.4. The molecule has 0 atom stereocenters. The predicted octanol–water partition coefficient (Wildman–Crippen LogP) is 2.77. The molecular weight excluding hydrogens is 397 g/mol. The number of aryl methyl sites for hydroxylation is 2. The maximum atomic E-state index is 12.9. The van der Waals surface area contributed by atoms with Gasteiger partial charge in [-0.2, -0.15) is 18.3 Å². The maximum absolute atomic E-state index is 12.9. The van der Waals surface area contributed by atoms with Gasteiger partial charge >= 0.3 is 6.18 Å². The van der Waals surface area contributed by atoms with E-state index in [1.54, 1.807) is 9.80 Å². The molecule has 0 unspecified atom stereocenters. The van der Waals surface area contributed by atoms with Crippen LogP contribution in [0.4, 0.5) is 13.2 Å². The van der Waals surface area contributed by atoms with Crippen LogP contribution in [0.15, 0.2) is 30.3 Å². The van der Waals surface area contributed by atoms with Crippen molar-refractivity contribution in [2.75, 3.05) is 26.2 Å². The zero-order valence-electron chi connectivity index (χ0n) is 16.5. The molecule has 1 aromatic carbocycles. The summed E-state index contributed by atoms with van der Waals surface area (Å²) in [5, 5.41) is 4.42. The number of benzene rings is 1. The molecule has 9 heteroatoms. The van der Waals surface area contributed by atoms with Crippen LogP contribution in [0, 0.1) is 0 Å². The maximum Gasteiger partial charge on any atom is 0.416 e. The van der Waals surface area contributed by atoms with Gasteiger partial charge in [0, 0.05) is 38.4 Å². The van der Waals surface area contributed by atoms with Gasteiger partial charge < -0.3 is 9.80 Å². The molecule has 2 aliphatic heterocycles. The summed E-state index contributed by atoms with van der Waals surface area (Å²) in [5.74, 6) is -0.374. The van der Waals surface area contributed by atoms with Gasteiger partial charge in [-0.1, -0.05) is 18.2 Å². The van der Waals surface area contributed by atoms with Crippen molar-refractivity contribution in [1.82, 2.24) is 19.6 Å². The summed E-state index contributed by atoms with van der Waals surface area (Å²) in [7, 11) is 0. The number of hydrogen-bond acceptors (Lipinski definition) is 3. The van der Waals surface area contributed by atoms with Gasteiger partial charge in [0.05, 0.1) is 12.0 Å². The van der Waals surface area contributed by atoms with Gasteiger partial charge in [0.2, 0.25) is 5.91 Å². The van der Waals surface area contributed by atoms with Crippen LogP contribution in [-0.2, 0) is 30.4 Å². The Kier molecular flexibility index (Phi) is 5.53. The summed E-state index contributed by atoms with van der Waals surface area (Å²) in [4.78, 5) is 28.6. The fourth-order valence-corrected chi connectivity index (χ4v) is 3.99. The fraction of sp³-hybridized carbons (Fsp3) is 0.476. The molecule has 30 heavy (non-hydrogen) atoms. The summed E-state index contributed by atoms with van der Waals surface area (Å²) in [6.07, 6.45) is -1.43. The SMILES string of the molecule is O=C(Cc1cccc(C(F)(F)F)c1)N1CCN(C(=O)c2cc3n(n2)CCCC3)CC1. The number of carbonyl (C=O) groups is 2. The van der Waals surface area contributed by atoms with E-state index >= 15 is 0 Å². The molecule has 160 valence electrons. The molecule has 0 saturated carbocycles. The monoisotopic (exact) mass is 420 g/mol. The van der Waals surface area contributed by atoms with E-state index in [1.165, 1.54) is 12.1 Å². The molecule has 1 fully saturated rings. The van der Waals surface area contributed by atoms with Gasteiger partial charge in [-0.3, -0.25) is 14.3 Å². The summed E-state index contributed by atoms with van der Waals surface area (Å²) >= 11 is 0. The second-order valence-corrected chi connectivity index (χ2v) is 7.75. The number of fused-ring (bicyclic) bond motifs is 1. The number of alkyl halides is 3. The highest BCUT2D eigenvalue weighted by Gasteiger charge is 2.31. The van der Waals surface area contributed by atoms with Crippen LogP contribution < -0.4 is 0 Å². The molecule has 0 spiro atoms. The first-order chi connectivity index (χ1) is 14.3. The third-order valence-corrected chi connectivity index (χ3v) is 5.66. The predicted molar refractivity (Wildman–Crippen MR) is 103 cm³/mol. The van der Waals surface area contributed by atoms with Crippen LogP contribution in [0.1, 0.15) is 40.2 Å². The number of hydrogen-bond donors (Lipinski definition) is 0. The van der Waals surface area contributed by atoms with E-state index in [-0.39, 0.29) is 18.2 Å². The highest BCUT2D eigenvalue weighted by Crippen LogP contribution is 2.29. The molecule has 4 rings (SSSR count). The van der Waals surface area contributed by atoms with E-state index in [1.807, 2.05) is 10.7 Å². The third-order valence-electron chi connectivity index (χ3n) is 5.66. The normalized spacial score (nSPS) is 17.0. The van der Waals surface area contributed by atoms with Gasteiger partial charge in [-0.15, -0.1) is 0 Å². The first-order valence-corrected chi connectivity index (χ1v) is 10.1. The van der Waals surface area contributed by atoms with Crippen LogP contribution in [0.3, 0.4) is 0 Å². The van der Waals surface area contributed by atoms with Crippen molar-refractivity contribution < 1.29 is 22.8 Å². The minimum atomic E-state index is -4.43. The molecule has 0 radical (unpaired) electrons. The number of amides is 2. The Bertz CT molecular complexity index is 922. The first-order valence-electron chi connectivity index (χ1n) is 10.1. The van der Waals surface area contributed by atoms with Gasteiger partial charge in [-0.05, 0) is 37.0 Å². The van der Waals surface area contributed by atoms with Crippen LogP contribution in [0.2, 0.25) is 0 Å².